The van der Waals surface area contributed by atoms with Crippen molar-refractivity contribution in [1.29, 1.82) is 0 Å². The maximum absolute atomic E-state index is 10.6. The van der Waals surface area contributed by atoms with Crippen molar-refractivity contribution >= 4 is 11.9 Å². The van der Waals surface area contributed by atoms with Crippen LogP contribution in [0.1, 0.15) is 12.8 Å². The Kier molecular flexibility index (Phi) is 5.50. The van der Waals surface area contributed by atoms with Gasteiger partial charge in [-0.3, -0.25) is 9.59 Å². The predicted octanol–water partition coefficient (Wildman–Crippen LogP) is 0.182. The van der Waals surface area contributed by atoms with E-state index in [4.69, 9.17) is 10.2 Å². The number of carboxylic acids is 2. The third kappa shape index (κ3) is 4.58. The third-order valence-electron chi connectivity index (χ3n) is 1.59. The molecule has 0 aliphatic carbocycles. The highest BCUT2D eigenvalue weighted by Gasteiger charge is 2.24. The van der Waals surface area contributed by atoms with Crippen molar-refractivity contribution < 1.29 is 25.0 Å². The van der Waals surface area contributed by atoms with Crippen molar-refractivity contribution in [3.63, 3.8) is 0 Å². The van der Waals surface area contributed by atoms with Crippen LogP contribution in [-0.2, 0) is 9.59 Å². The zero-order valence-corrected chi connectivity index (χ0v) is 7.59. The second-order valence-corrected chi connectivity index (χ2v) is 2.70. The lowest BCUT2D eigenvalue weighted by Crippen LogP contribution is -2.39. The number of rotatable bonds is 7. The molecule has 6 heteroatoms. The van der Waals surface area contributed by atoms with E-state index in [-0.39, 0.29) is 19.4 Å². The first-order chi connectivity index (χ1) is 6.49. The van der Waals surface area contributed by atoms with Gasteiger partial charge in [-0.15, -0.1) is 6.58 Å². The number of carbonyl (C=O) groups is 2. The Labute approximate surface area is 81.0 Å². The van der Waals surface area contributed by atoms with Gasteiger partial charge in [0.05, 0.1) is 0 Å². The summed E-state index contributed by atoms with van der Waals surface area (Å²) in [7, 11) is 0. The van der Waals surface area contributed by atoms with Crippen molar-refractivity contribution in [1.82, 2.24) is 5.06 Å². The van der Waals surface area contributed by atoms with Gasteiger partial charge in [-0.2, -0.15) is 5.06 Å². The fraction of sp³-hybridized carbons (Fsp3) is 0.500. The standard InChI is InChI=1S/C8H13NO5/c1-2-5-9(14)6(8(12)13)3-4-7(10)11/h2,6,14H,1,3-5H2,(H,10,11)(H,12,13)/t6-/m0/s1. The van der Waals surface area contributed by atoms with Crippen LogP contribution in [0.3, 0.4) is 0 Å². The highest BCUT2D eigenvalue weighted by molar-refractivity contribution is 5.74. The topological polar surface area (TPSA) is 98.1 Å². The third-order valence-corrected chi connectivity index (χ3v) is 1.59. The summed E-state index contributed by atoms with van der Waals surface area (Å²) in [5, 5.41) is 26.7. The smallest absolute Gasteiger partial charge is 0.323 e. The van der Waals surface area contributed by atoms with Crippen LogP contribution < -0.4 is 0 Å². The molecule has 0 saturated heterocycles. The molecular formula is C8H13NO5. The Hall–Kier alpha value is -1.40. The molecule has 0 spiro atoms. The van der Waals surface area contributed by atoms with Gasteiger partial charge in [0.15, 0.2) is 0 Å². The van der Waals surface area contributed by atoms with Crippen LogP contribution in [-0.4, -0.2) is 45.0 Å². The minimum Gasteiger partial charge on any atom is -0.481 e. The molecule has 0 aromatic carbocycles. The number of nitrogens with zero attached hydrogens (tertiary/aromatic N) is 1. The molecule has 0 aromatic rings. The van der Waals surface area contributed by atoms with Gasteiger partial charge in [-0.1, -0.05) is 6.08 Å². The van der Waals surface area contributed by atoms with E-state index in [9.17, 15) is 14.8 Å². The molecule has 0 saturated carbocycles. The van der Waals surface area contributed by atoms with Crippen molar-refractivity contribution in [2.45, 2.75) is 18.9 Å². The molecule has 0 aliphatic rings. The summed E-state index contributed by atoms with van der Waals surface area (Å²) < 4.78 is 0. The Balaban J connectivity index is 4.20. The fourth-order valence-corrected chi connectivity index (χ4v) is 0.920. The van der Waals surface area contributed by atoms with Crippen LogP contribution in [0.4, 0.5) is 0 Å². The molecule has 14 heavy (non-hydrogen) atoms. The van der Waals surface area contributed by atoms with Gasteiger partial charge in [-0.05, 0) is 6.42 Å². The van der Waals surface area contributed by atoms with E-state index in [1.54, 1.807) is 0 Å². The number of hydroxylamine groups is 2. The van der Waals surface area contributed by atoms with Gasteiger partial charge < -0.3 is 15.4 Å². The molecule has 1 atom stereocenters. The Bertz CT molecular complexity index is 228. The molecule has 0 aromatic heterocycles. The molecule has 0 rings (SSSR count). The van der Waals surface area contributed by atoms with Crippen molar-refractivity contribution in [2.24, 2.45) is 0 Å². The Morgan fingerprint density at radius 3 is 2.36 bits per heavy atom. The highest BCUT2D eigenvalue weighted by Crippen LogP contribution is 2.05. The van der Waals surface area contributed by atoms with E-state index in [1.165, 1.54) is 6.08 Å². The first-order valence-corrected chi connectivity index (χ1v) is 4.00. The predicted molar refractivity (Wildman–Crippen MR) is 47.0 cm³/mol. The van der Waals surface area contributed by atoms with Gasteiger partial charge in [0.1, 0.15) is 6.04 Å². The van der Waals surface area contributed by atoms with E-state index in [0.29, 0.717) is 5.06 Å². The maximum atomic E-state index is 10.6. The molecule has 0 radical (unpaired) electrons. The van der Waals surface area contributed by atoms with Crippen LogP contribution in [0.2, 0.25) is 0 Å². The number of hydrogen-bond donors (Lipinski definition) is 3. The summed E-state index contributed by atoms with van der Waals surface area (Å²) in [5.41, 5.74) is 0. The number of aliphatic carboxylic acids is 2. The second kappa shape index (κ2) is 6.11. The average Bonchev–Trinajstić information content (AvgIpc) is 2.03. The molecule has 0 fully saturated rings. The fourth-order valence-electron chi connectivity index (χ4n) is 0.920. The first-order valence-electron chi connectivity index (χ1n) is 4.00. The zero-order valence-electron chi connectivity index (χ0n) is 7.59. The number of hydrogen-bond acceptors (Lipinski definition) is 4. The lowest BCUT2D eigenvalue weighted by Gasteiger charge is -2.20. The van der Waals surface area contributed by atoms with E-state index in [0.717, 1.165) is 0 Å². The van der Waals surface area contributed by atoms with Crippen molar-refractivity contribution in [3.05, 3.63) is 12.7 Å². The molecule has 80 valence electrons. The summed E-state index contributed by atoms with van der Waals surface area (Å²) in [6.07, 6.45) is 0.886. The van der Waals surface area contributed by atoms with Crippen LogP contribution >= 0.6 is 0 Å². The van der Waals surface area contributed by atoms with E-state index in [2.05, 4.69) is 6.58 Å². The summed E-state index contributed by atoms with van der Waals surface area (Å²) in [5.74, 6) is -2.35. The second-order valence-electron chi connectivity index (χ2n) is 2.70. The monoisotopic (exact) mass is 203 g/mol. The van der Waals surface area contributed by atoms with Crippen molar-refractivity contribution in [2.75, 3.05) is 6.54 Å². The summed E-state index contributed by atoms with van der Waals surface area (Å²) in [6.45, 7) is 3.31. The molecule has 0 aliphatic heterocycles. The van der Waals surface area contributed by atoms with Gasteiger partial charge >= 0.3 is 11.9 Å². The summed E-state index contributed by atoms with van der Waals surface area (Å²) in [4.78, 5) is 20.8. The van der Waals surface area contributed by atoms with Crippen LogP contribution in [0.5, 0.6) is 0 Å². The lowest BCUT2D eigenvalue weighted by atomic mass is 10.1. The summed E-state index contributed by atoms with van der Waals surface area (Å²) in [6, 6.07) is -1.20. The Morgan fingerprint density at radius 2 is 2.00 bits per heavy atom. The summed E-state index contributed by atoms with van der Waals surface area (Å²) >= 11 is 0. The van der Waals surface area contributed by atoms with Crippen LogP contribution in [0.15, 0.2) is 12.7 Å². The average molecular weight is 203 g/mol. The molecule has 0 bridgehead atoms. The molecule has 0 heterocycles. The van der Waals surface area contributed by atoms with Crippen molar-refractivity contribution in [3.8, 4) is 0 Å². The molecule has 6 nitrogen and oxygen atoms in total. The van der Waals surface area contributed by atoms with Gasteiger partial charge in [0, 0.05) is 13.0 Å². The minimum absolute atomic E-state index is 0.0173. The van der Waals surface area contributed by atoms with E-state index < -0.39 is 18.0 Å². The Morgan fingerprint density at radius 1 is 1.43 bits per heavy atom. The van der Waals surface area contributed by atoms with E-state index in [1.807, 2.05) is 0 Å². The number of carboxylic acid groups (broad SMARTS) is 2. The first kappa shape index (κ1) is 12.6. The molecule has 0 unspecified atom stereocenters. The molecule has 0 amide bonds. The minimum atomic E-state index is -1.25. The quantitative estimate of drug-likeness (QED) is 0.403. The highest BCUT2D eigenvalue weighted by atomic mass is 16.5. The van der Waals surface area contributed by atoms with Gasteiger partial charge in [0.2, 0.25) is 0 Å². The maximum Gasteiger partial charge on any atom is 0.323 e. The SMILES string of the molecule is C=CCN(O)[C@@H](CCC(=O)O)C(=O)O. The van der Waals surface area contributed by atoms with Gasteiger partial charge in [-0.25, -0.2) is 0 Å². The largest absolute Gasteiger partial charge is 0.481 e. The normalized spacial score (nSPS) is 12.4. The zero-order chi connectivity index (χ0) is 11.1. The van der Waals surface area contributed by atoms with Crippen LogP contribution in [0.25, 0.3) is 0 Å². The van der Waals surface area contributed by atoms with Crippen LogP contribution in [0, 0.1) is 0 Å². The molecular weight excluding hydrogens is 190 g/mol. The van der Waals surface area contributed by atoms with E-state index >= 15 is 0 Å². The molecule has 3 N–H and O–H groups in total. The lowest BCUT2D eigenvalue weighted by molar-refractivity contribution is -0.168. The van der Waals surface area contributed by atoms with Gasteiger partial charge in [0.25, 0.3) is 0 Å².